The van der Waals surface area contributed by atoms with Gasteiger partial charge in [0, 0.05) is 18.5 Å². The average Bonchev–Trinajstić information content (AvgIpc) is 3.11. The number of fused-ring (bicyclic) bond motifs is 1. The van der Waals surface area contributed by atoms with Crippen LogP contribution in [0.1, 0.15) is 24.6 Å². The predicted octanol–water partition coefficient (Wildman–Crippen LogP) is 4.54. The van der Waals surface area contributed by atoms with Gasteiger partial charge < -0.3 is 18.6 Å². The molecule has 146 valence electrons. The summed E-state index contributed by atoms with van der Waals surface area (Å²) in [6.07, 6.45) is 7.47. The molecule has 7 heteroatoms. The highest BCUT2D eigenvalue weighted by molar-refractivity contribution is 6.30. The van der Waals surface area contributed by atoms with E-state index in [0.29, 0.717) is 28.8 Å². The maximum Gasteiger partial charge on any atom is 0.331 e. The predicted molar refractivity (Wildman–Crippen MR) is 108 cm³/mol. The third-order valence-electron chi connectivity index (χ3n) is 3.89. The van der Waals surface area contributed by atoms with Gasteiger partial charge in [-0.05, 0) is 42.3 Å². The normalized spacial score (nSPS) is 11.1. The molecule has 0 atom stereocenters. The SMILES string of the molecule is CCCOc1ccc(/C=C/C(=O)OCc2cn3cc(Cl)ccc3n2)cc1OC. The molecule has 3 aromatic rings. The largest absolute Gasteiger partial charge is 0.493 e. The minimum absolute atomic E-state index is 0.0790. The summed E-state index contributed by atoms with van der Waals surface area (Å²) >= 11 is 5.95. The number of ether oxygens (including phenoxy) is 3. The summed E-state index contributed by atoms with van der Waals surface area (Å²) in [5.41, 5.74) is 2.19. The summed E-state index contributed by atoms with van der Waals surface area (Å²) in [4.78, 5) is 16.4. The molecule has 28 heavy (non-hydrogen) atoms. The van der Waals surface area contributed by atoms with Gasteiger partial charge in [-0.25, -0.2) is 9.78 Å². The van der Waals surface area contributed by atoms with Gasteiger partial charge in [0.1, 0.15) is 12.3 Å². The highest BCUT2D eigenvalue weighted by atomic mass is 35.5. The maximum atomic E-state index is 12.0. The summed E-state index contributed by atoms with van der Waals surface area (Å²) < 4.78 is 18.0. The van der Waals surface area contributed by atoms with Crippen molar-refractivity contribution in [2.24, 2.45) is 0 Å². The first-order chi connectivity index (χ1) is 13.6. The third kappa shape index (κ3) is 5.04. The van der Waals surface area contributed by atoms with Crippen LogP contribution in [0.5, 0.6) is 11.5 Å². The Bertz CT molecular complexity index is 997. The van der Waals surface area contributed by atoms with Crippen molar-refractivity contribution >= 4 is 29.3 Å². The van der Waals surface area contributed by atoms with Crippen LogP contribution in [-0.2, 0) is 16.1 Å². The highest BCUT2D eigenvalue weighted by Gasteiger charge is 2.07. The third-order valence-corrected chi connectivity index (χ3v) is 4.11. The molecular formula is C21H21ClN2O4. The van der Waals surface area contributed by atoms with Crippen molar-refractivity contribution in [2.75, 3.05) is 13.7 Å². The van der Waals surface area contributed by atoms with Crippen LogP contribution in [0.2, 0.25) is 5.02 Å². The Balaban J connectivity index is 1.59. The van der Waals surface area contributed by atoms with Crippen LogP contribution < -0.4 is 9.47 Å². The first kappa shape index (κ1) is 19.8. The quantitative estimate of drug-likeness (QED) is 0.410. The van der Waals surface area contributed by atoms with E-state index < -0.39 is 5.97 Å². The molecule has 0 saturated heterocycles. The number of hydrogen-bond acceptors (Lipinski definition) is 5. The Morgan fingerprint density at radius 2 is 2.07 bits per heavy atom. The van der Waals surface area contributed by atoms with Crippen molar-refractivity contribution in [3.8, 4) is 11.5 Å². The van der Waals surface area contributed by atoms with Gasteiger partial charge in [0.15, 0.2) is 11.5 Å². The fourth-order valence-electron chi connectivity index (χ4n) is 2.56. The molecule has 1 aromatic carbocycles. The van der Waals surface area contributed by atoms with E-state index in [1.165, 1.54) is 6.08 Å². The molecule has 0 spiro atoms. The van der Waals surface area contributed by atoms with Gasteiger partial charge in [0.2, 0.25) is 0 Å². The van der Waals surface area contributed by atoms with Crippen molar-refractivity contribution in [1.82, 2.24) is 9.38 Å². The summed E-state index contributed by atoms with van der Waals surface area (Å²) in [5.74, 6) is 0.837. The van der Waals surface area contributed by atoms with Crippen LogP contribution in [0, 0.1) is 0 Å². The smallest absolute Gasteiger partial charge is 0.331 e. The lowest BCUT2D eigenvalue weighted by molar-refractivity contribution is -0.139. The second kappa shape index (κ2) is 9.28. The molecule has 3 rings (SSSR count). The number of hydrogen-bond donors (Lipinski definition) is 0. The number of rotatable bonds is 8. The van der Waals surface area contributed by atoms with E-state index in [1.807, 2.05) is 19.1 Å². The molecule has 0 aliphatic rings. The number of esters is 1. The minimum atomic E-state index is -0.458. The summed E-state index contributed by atoms with van der Waals surface area (Å²) in [7, 11) is 1.58. The lowest BCUT2D eigenvalue weighted by Gasteiger charge is -2.10. The van der Waals surface area contributed by atoms with Crippen molar-refractivity contribution < 1.29 is 19.0 Å². The Kier molecular flexibility index (Phi) is 6.55. The fraction of sp³-hybridized carbons (Fsp3) is 0.238. The molecule has 0 bridgehead atoms. The number of aromatic nitrogens is 2. The first-order valence-electron chi connectivity index (χ1n) is 8.88. The molecule has 0 amide bonds. The van der Waals surface area contributed by atoms with E-state index in [0.717, 1.165) is 17.6 Å². The Morgan fingerprint density at radius 3 is 2.86 bits per heavy atom. The average molecular weight is 401 g/mol. The molecule has 2 heterocycles. The molecule has 0 aliphatic heterocycles. The summed E-state index contributed by atoms with van der Waals surface area (Å²) in [5, 5.41) is 0.609. The monoisotopic (exact) mass is 400 g/mol. The van der Waals surface area contributed by atoms with Gasteiger partial charge in [-0.2, -0.15) is 0 Å². The van der Waals surface area contributed by atoms with Crippen molar-refractivity contribution in [3.05, 3.63) is 65.1 Å². The number of benzene rings is 1. The van der Waals surface area contributed by atoms with Gasteiger partial charge >= 0.3 is 5.97 Å². The summed E-state index contributed by atoms with van der Waals surface area (Å²) in [6, 6.07) is 9.04. The lowest BCUT2D eigenvalue weighted by Crippen LogP contribution is -2.01. The fourth-order valence-corrected chi connectivity index (χ4v) is 2.73. The van der Waals surface area contributed by atoms with E-state index in [-0.39, 0.29) is 6.61 Å². The highest BCUT2D eigenvalue weighted by Crippen LogP contribution is 2.28. The number of carbonyl (C=O) groups excluding carboxylic acids is 1. The number of imidazole rings is 1. The van der Waals surface area contributed by atoms with Gasteiger partial charge in [0.05, 0.1) is 24.4 Å². The zero-order valence-corrected chi connectivity index (χ0v) is 16.5. The van der Waals surface area contributed by atoms with E-state index in [9.17, 15) is 4.79 Å². The molecule has 0 radical (unpaired) electrons. The molecule has 6 nitrogen and oxygen atoms in total. The Labute approximate surface area is 168 Å². The van der Waals surface area contributed by atoms with E-state index in [1.54, 1.807) is 48.2 Å². The maximum absolute atomic E-state index is 12.0. The zero-order valence-electron chi connectivity index (χ0n) is 15.7. The van der Waals surface area contributed by atoms with Gasteiger partial charge in [-0.15, -0.1) is 0 Å². The number of methoxy groups -OCH3 is 1. The van der Waals surface area contributed by atoms with Crippen LogP contribution in [0.3, 0.4) is 0 Å². The van der Waals surface area contributed by atoms with E-state index >= 15 is 0 Å². The standard InChI is InChI=1S/C21H21ClN2O4/c1-3-10-27-18-7-4-15(11-19(18)26-2)5-9-21(25)28-14-17-13-24-12-16(22)6-8-20(24)23-17/h4-9,11-13H,3,10,14H2,1-2H3/b9-5+. The van der Waals surface area contributed by atoms with Crippen molar-refractivity contribution in [3.63, 3.8) is 0 Å². The molecule has 2 aromatic heterocycles. The minimum Gasteiger partial charge on any atom is -0.493 e. The zero-order chi connectivity index (χ0) is 19.9. The van der Waals surface area contributed by atoms with E-state index in [4.69, 9.17) is 25.8 Å². The van der Waals surface area contributed by atoms with Crippen LogP contribution >= 0.6 is 11.6 Å². The molecule has 0 fully saturated rings. The van der Waals surface area contributed by atoms with Crippen LogP contribution in [0.25, 0.3) is 11.7 Å². The molecule has 0 N–H and O–H groups in total. The lowest BCUT2D eigenvalue weighted by atomic mass is 10.2. The van der Waals surface area contributed by atoms with Crippen LogP contribution in [0.4, 0.5) is 0 Å². The Hall–Kier alpha value is -2.99. The molecule has 0 saturated carbocycles. The number of halogens is 1. The number of carbonyl (C=O) groups is 1. The van der Waals surface area contributed by atoms with E-state index in [2.05, 4.69) is 4.98 Å². The molecular weight excluding hydrogens is 380 g/mol. The first-order valence-corrected chi connectivity index (χ1v) is 9.25. The van der Waals surface area contributed by atoms with Gasteiger partial charge in [-0.1, -0.05) is 24.6 Å². The van der Waals surface area contributed by atoms with Crippen LogP contribution in [0.15, 0.2) is 48.8 Å². The van der Waals surface area contributed by atoms with Gasteiger partial charge in [0.25, 0.3) is 0 Å². The second-order valence-corrected chi connectivity index (χ2v) is 6.48. The number of nitrogens with zero attached hydrogens (tertiary/aromatic N) is 2. The molecule has 0 unspecified atom stereocenters. The van der Waals surface area contributed by atoms with Crippen molar-refractivity contribution in [1.29, 1.82) is 0 Å². The summed E-state index contributed by atoms with van der Waals surface area (Å²) in [6.45, 7) is 2.74. The van der Waals surface area contributed by atoms with Crippen LogP contribution in [-0.4, -0.2) is 29.1 Å². The second-order valence-electron chi connectivity index (χ2n) is 6.04. The Morgan fingerprint density at radius 1 is 1.21 bits per heavy atom. The number of pyridine rings is 1. The van der Waals surface area contributed by atoms with Gasteiger partial charge in [-0.3, -0.25) is 0 Å². The van der Waals surface area contributed by atoms with Crippen molar-refractivity contribution in [2.45, 2.75) is 20.0 Å². The topological polar surface area (TPSA) is 62.1 Å². The molecule has 0 aliphatic carbocycles.